The maximum absolute atomic E-state index is 5.64. The highest BCUT2D eigenvalue weighted by Crippen LogP contribution is 2.34. The van der Waals surface area contributed by atoms with Gasteiger partial charge in [0.25, 0.3) is 0 Å². The molecule has 0 fully saturated rings. The molecule has 16 heavy (non-hydrogen) atoms. The van der Waals surface area contributed by atoms with Crippen LogP contribution < -0.4 is 4.74 Å². The van der Waals surface area contributed by atoms with E-state index in [4.69, 9.17) is 4.74 Å². The van der Waals surface area contributed by atoms with E-state index in [1.807, 2.05) is 22.9 Å². The Balaban J connectivity index is 2.17. The molecule has 1 aromatic heterocycles. The molecule has 1 aromatic carbocycles. The molecule has 2 heterocycles. The van der Waals surface area contributed by atoms with Gasteiger partial charge in [0.05, 0.1) is 11.4 Å². The van der Waals surface area contributed by atoms with Crippen molar-refractivity contribution in [1.82, 2.24) is 9.78 Å². The molecule has 1 aliphatic heterocycles. The fraction of sp³-hybridized carbons (Fsp3) is 0.308. The highest BCUT2D eigenvalue weighted by atomic mass is 16.5. The van der Waals surface area contributed by atoms with Crippen molar-refractivity contribution in [2.75, 3.05) is 0 Å². The Labute approximate surface area is 94.7 Å². The van der Waals surface area contributed by atoms with Gasteiger partial charge in [0.2, 0.25) is 0 Å². The molecule has 0 radical (unpaired) electrons. The third-order valence-corrected chi connectivity index (χ3v) is 2.90. The third kappa shape index (κ3) is 1.32. The van der Waals surface area contributed by atoms with Crippen molar-refractivity contribution in [2.24, 2.45) is 0 Å². The van der Waals surface area contributed by atoms with E-state index in [0.717, 1.165) is 22.7 Å². The lowest BCUT2D eigenvalue weighted by molar-refractivity contribution is 0.214. The van der Waals surface area contributed by atoms with Gasteiger partial charge in [0, 0.05) is 5.56 Å². The zero-order chi connectivity index (χ0) is 11.1. The lowest BCUT2D eigenvalue weighted by Gasteiger charge is -2.18. The van der Waals surface area contributed by atoms with Gasteiger partial charge < -0.3 is 4.74 Å². The first-order valence-electron chi connectivity index (χ1n) is 5.55. The number of benzene rings is 1. The first kappa shape index (κ1) is 9.46. The number of hydrogen-bond donors (Lipinski definition) is 0. The van der Waals surface area contributed by atoms with E-state index >= 15 is 0 Å². The van der Waals surface area contributed by atoms with Crippen LogP contribution >= 0.6 is 0 Å². The van der Waals surface area contributed by atoms with E-state index < -0.39 is 0 Å². The standard InChI is InChI=1S/C13H14N2O/c1-9(2)11-7-12-10-5-3-4-6-13(10)16-8-15(12)14-11/h3-7,9H,8H2,1-2H3. The molecule has 82 valence electrons. The zero-order valence-corrected chi connectivity index (χ0v) is 9.47. The summed E-state index contributed by atoms with van der Waals surface area (Å²) >= 11 is 0. The van der Waals surface area contributed by atoms with Crippen LogP contribution in [0.15, 0.2) is 30.3 Å². The van der Waals surface area contributed by atoms with Gasteiger partial charge in [-0.05, 0) is 24.1 Å². The lowest BCUT2D eigenvalue weighted by atomic mass is 10.1. The Morgan fingerprint density at radius 3 is 2.94 bits per heavy atom. The van der Waals surface area contributed by atoms with Crippen molar-refractivity contribution in [1.29, 1.82) is 0 Å². The average Bonchev–Trinajstić information content (AvgIpc) is 2.73. The number of hydrogen-bond acceptors (Lipinski definition) is 2. The Morgan fingerprint density at radius 2 is 2.12 bits per heavy atom. The SMILES string of the molecule is CC(C)c1cc2n(n1)COc1ccccc1-2. The molecule has 3 rings (SSSR count). The number of ether oxygens (including phenoxy) is 1. The number of fused-ring (bicyclic) bond motifs is 3. The minimum absolute atomic E-state index is 0.449. The van der Waals surface area contributed by atoms with E-state index in [9.17, 15) is 0 Å². The van der Waals surface area contributed by atoms with Crippen LogP contribution in [0, 0.1) is 0 Å². The summed E-state index contributed by atoms with van der Waals surface area (Å²) < 4.78 is 7.57. The first-order chi connectivity index (χ1) is 7.75. The van der Waals surface area contributed by atoms with Crippen LogP contribution in [0.5, 0.6) is 5.75 Å². The van der Waals surface area contributed by atoms with Crippen molar-refractivity contribution in [3.05, 3.63) is 36.0 Å². The van der Waals surface area contributed by atoms with Crippen LogP contribution in [-0.4, -0.2) is 9.78 Å². The molecule has 0 N–H and O–H groups in total. The number of para-hydroxylation sites is 1. The summed E-state index contributed by atoms with van der Waals surface area (Å²) in [6.45, 7) is 4.82. The van der Waals surface area contributed by atoms with Gasteiger partial charge >= 0.3 is 0 Å². The average molecular weight is 214 g/mol. The van der Waals surface area contributed by atoms with Crippen LogP contribution in [0.3, 0.4) is 0 Å². The molecule has 1 aliphatic rings. The van der Waals surface area contributed by atoms with Crippen molar-refractivity contribution < 1.29 is 4.74 Å². The Morgan fingerprint density at radius 1 is 1.31 bits per heavy atom. The second-order valence-electron chi connectivity index (χ2n) is 4.38. The van der Waals surface area contributed by atoms with Crippen LogP contribution in [-0.2, 0) is 6.73 Å². The van der Waals surface area contributed by atoms with Crippen LogP contribution in [0.25, 0.3) is 11.3 Å². The number of nitrogens with zero attached hydrogens (tertiary/aromatic N) is 2. The molecule has 2 aromatic rings. The van der Waals surface area contributed by atoms with Crippen molar-refractivity contribution in [3.8, 4) is 17.0 Å². The lowest BCUT2D eigenvalue weighted by Crippen LogP contribution is -2.13. The summed E-state index contributed by atoms with van der Waals surface area (Å²) in [5, 5.41) is 4.54. The molecule has 0 spiro atoms. The minimum atomic E-state index is 0.449. The van der Waals surface area contributed by atoms with Crippen molar-refractivity contribution in [2.45, 2.75) is 26.5 Å². The van der Waals surface area contributed by atoms with E-state index in [2.05, 4.69) is 31.1 Å². The first-order valence-corrected chi connectivity index (χ1v) is 5.55. The van der Waals surface area contributed by atoms with Gasteiger partial charge in [-0.1, -0.05) is 26.0 Å². The summed E-state index contributed by atoms with van der Waals surface area (Å²) in [5.41, 5.74) is 3.41. The predicted molar refractivity (Wildman–Crippen MR) is 62.4 cm³/mol. The minimum Gasteiger partial charge on any atom is -0.471 e. The van der Waals surface area contributed by atoms with E-state index in [1.54, 1.807) is 0 Å². The summed E-state index contributed by atoms with van der Waals surface area (Å²) in [5.74, 6) is 1.40. The second-order valence-corrected chi connectivity index (χ2v) is 4.38. The topological polar surface area (TPSA) is 27.1 Å². The largest absolute Gasteiger partial charge is 0.471 e. The van der Waals surface area contributed by atoms with Crippen molar-refractivity contribution >= 4 is 0 Å². The van der Waals surface area contributed by atoms with Crippen molar-refractivity contribution in [3.63, 3.8) is 0 Å². The maximum atomic E-state index is 5.64. The number of aromatic nitrogens is 2. The van der Waals surface area contributed by atoms with E-state index in [-0.39, 0.29) is 0 Å². The molecule has 0 saturated heterocycles. The fourth-order valence-corrected chi connectivity index (χ4v) is 1.97. The Kier molecular flexibility index (Phi) is 1.99. The van der Waals surface area contributed by atoms with Gasteiger partial charge in [-0.3, -0.25) is 0 Å². The Bertz CT molecular complexity index is 528. The summed E-state index contributed by atoms with van der Waals surface area (Å²) in [6.07, 6.45) is 0. The maximum Gasteiger partial charge on any atom is 0.181 e. The third-order valence-electron chi connectivity index (χ3n) is 2.90. The highest BCUT2D eigenvalue weighted by Gasteiger charge is 2.19. The van der Waals surface area contributed by atoms with Gasteiger partial charge in [0.1, 0.15) is 5.75 Å². The smallest absolute Gasteiger partial charge is 0.181 e. The van der Waals surface area contributed by atoms with Crippen LogP contribution in [0.2, 0.25) is 0 Å². The zero-order valence-electron chi connectivity index (χ0n) is 9.47. The van der Waals surface area contributed by atoms with Gasteiger partial charge in [-0.15, -0.1) is 0 Å². The summed E-state index contributed by atoms with van der Waals surface area (Å²) in [7, 11) is 0. The van der Waals surface area contributed by atoms with Crippen LogP contribution in [0.4, 0.5) is 0 Å². The van der Waals surface area contributed by atoms with Gasteiger partial charge in [-0.25, -0.2) is 4.68 Å². The molecule has 0 aliphatic carbocycles. The molecule has 0 saturated carbocycles. The molecule has 3 heteroatoms. The van der Waals surface area contributed by atoms with E-state index in [0.29, 0.717) is 12.6 Å². The van der Waals surface area contributed by atoms with Crippen LogP contribution in [0.1, 0.15) is 25.5 Å². The molecule has 0 atom stereocenters. The predicted octanol–water partition coefficient (Wildman–Crippen LogP) is 3.02. The second kappa shape index (κ2) is 3.37. The summed E-state index contributed by atoms with van der Waals surface area (Å²) in [6, 6.07) is 10.3. The van der Waals surface area contributed by atoms with Gasteiger partial charge in [0.15, 0.2) is 6.73 Å². The quantitative estimate of drug-likeness (QED) is 0.729. The molecule has 0 amide bonds. The fourth-order valence-electron chi connectivity index (χ4n) is 1.97. The summed E-state index contributed by atoms with van der Waals surface area (Å²) in [4.78, 5) is 0. The molecular weight excluding hydrogens is 200 g/mol. The molecule has 3 nitrogen and oxygen atoms in total. The Hall–Kier alpha value is -1.77. The molecule has 0 bridgehead atoms. The monoisotopic (exact) mass is 214 g/mol. The molecular formula is C13H14N2O. The highest BCUT2D eigenvalue weighted by molar-refractivity contribution is 5.68. The van der Waals surface area contributed by atoms with E-state index in [1.165, 1.54) is 0 Å². The normalized spacial score (nSPS) is 13.2. The van der Waals surface area contributed by atoms with Gasteiger partial charge in [-0.2, -0.15) is 5.10 Å². The number of rotatable bonds is 1. The molecule has 0 unspecified atom stereocenters.